The fraction of sp³-hybridized carbons (Fsp3) is 0. The molecule has 2 heterocycles. The van der Waals surface area contributed by atoms with Gasteiger partial charge in [-0.1, -0.05) is 12.1 Å². The summed E-state index contributed by atoms with van der Waals surface area (Å²) >= 11 is 0. The molecule has 0 atom stereocenters. The van der Waals surface area contributed by atoms with Crippen LogP contribution in [0.2, 0.25) is 0 Å². The van der Waals surface area contributed by atoms with E-state index in [1.165, 1.54) is 12.3 Å². The molecule has 88 valence electrons. The third-order valence-electron chi connectivity index (χ3n) is 2.70. The second kappa shape index (κ2) is 4.00. The standard InChI is InChI=1S/C14H9NO3/c16-11-4-2-1-3-9(11)14-7-12(17)10-8-15-6-5-13(10)18-14/h1-8,16H. The Kier molecular flexibility index (Phi) is 2.34. The average Bonchev–Trinajstić information content (AvgIpc) is 2.39. The number of fused-ring (bicyclic) bond motifs is 1. The molecule has 0 unspecified atom stereocenters. The first kappa shape index (κ1) is 10.5. The molecular weight excluding hydrogens is 230 g/mol. The molecule has 0 bridgehead atoms. The zero-order chi connectivity index (χ0) is 12.5. The summed E-state index contributed by atoms with van der Waals surface area (Å²) in [5.41, 5.74) is 0.770. The maximum absolute atomic E-state index is 11.9. The second-order valence-electron chi connectivity index (χ2n) is 3.86. The molecule has 0 aliphatic carbocycles. The summed E-state index contributed by atoms with van der Waals surface area (Å²) in [6.45, 7) is 0. The average molecular weight is 239 g/mol. The smallest absolute Gasteiger partial charge is 0.194 e. The van der Waals surface area contributed by atoms with Crippen molar-refractivity contribution in [1.82, 2.24) is 4.98 Å². The summed E-state index contributed by atoms with van der Waals surface area (Å²) in [4.78, 5) is 15.8. The van der Waals surface area contributed by atoms with E-state index in [0.29, 0.717) is 22.3 Å². The van der Waals surface area contributed by atoms with Crippen LogP contribution in [-0.4, -0.2) is 10.1 Å². The van der Waals surface area contributed by atoms with Gasteiger partial charge in [-0.3, -0.25) is 9.78 Å². The van der Waals surface area contributed by atoms with E-state index in [-0.39, 0.29) is 11.2 Å². The molecule has 0 spiro atoms. The SMILES string of the molecule is O=c1cc(-c2ccccc2O)oc2ccncc12. The van der Waals surface area contributed by atoms with Crippen LogP contribution >= 0.6 is 0 Å². The summed E-state index contributed by atoms with van der Waals surface area (Å²) in [6, 6.07) is 9.71. The van der Waals surface area contributed by atoms with E-state index in [0.717, 1.165) is 0 Å². The number of aromatic nitrogens is 1. The number of para-hydroxylation sites is 1. The Balaban J connectivity index is 2.32. The number of rotatable bonds is 1. The molecule has 1 aromatic carbocycles. The van der Waals surface area contributed by atoms with E-state index in [2.05, 4.69) is 4.98 Å². The summed E-state index contributed by atoms with van der Waals surface area (Å²) < 4.78 is 5.61. The fourth-order valence-corrected chi connectivity index (χ4v) is 1.82. The minimum Gasteiger partial charge on any atom is -0.507 e. The molecular formula is C14H9NO3. The molecule has 3 rings (SSSR count). The molecule has 0 saturated carbocycles. The van der Waals surface area contributed by atoms with Gasteiger partial charge < -0.3 is 9.52 Å². The van der Waals surface area contributed by atoms with Crippen molar-refractivity contribution in [1.29, 1.82) is 0 Å². The summed E-state index contributed by atoms with van der Waals surface area (Å²) in [5, 5.41) is 10.2. The van der Waals surface area contributed by atoms with Gasteiger partial charge in [0.1, 0.15) is 17.1 Å². The number of hydrogen-bond donors (Lipinski definition) is 1. The summed E-state index contributed by atoms with van der Waals surface area (Å²) in [5.74, 6) is 0.422. The lowest BCUT2D eigenvalue weighted by atomic mass is 10.1. The van der Waals surface area contributed by atoms with Gasteiger partial charge >= 0.3 is 0 Å². The van der Waals surface area contributed by atoms with Gasteiger partial charge in [0.2, 0.25) is 0 Å². The van der Waals surface area contributed by atoms with E-state index in [4.69, 9.17) is 4.42 Å². The molecule has 4 heteroatoms. The maximum Gasteiger partial charge on any atom is 0.194 e. The van der Waals surface area contributed by atoms with E-state index in [1.54, 1.807) is 36.5 Å². The molecule has 1 N–H and O–H groups in total. The van der Waals surface area contributed by atoms with Gasteiger partial charge in [-0.2, -0.15) is 0 Å². The van der Waals surface area contributed by atoms with Crippen molar-refractivity contribution >= 4 is 11.0 Å². The van der Waals surface area contributed by atoms with Crippen LogP contribution in [-0.2, 0) is 0 Å². The predicted octanol–water partition coefficient (Wildman–Crippen LogP) is 2.56. The van der Waals surface area contributed by atoms with Crippen molar-refractivity contribution in [3.05, 3.63) is 59.0 Å². The fourth-order valence-electron chi connectivity index (χ4n) is 1.82. The van der Waals surface area contributed by atoms with Crippen LogP contribution in [0.4, 0.5) is 0 Å². The van der Waals surface area contributed by atoms with Crippen molar-refractivity contribution < 1.29 is 9.52 Å². The lowest BCUT2D eigenvalue weighted by Crippen LogP contribution is -2.00. The number of aromatic hydroxyl groups is 1. The minimum atomic E-state index is -0.178. The van der Waals surface area contributed by atoms with E-state index in [9.17, 15) is 9.90 Å². The number of pyridine rings is 1. The van der Waals surface area contributed by atoms with Gasteiger partial charge in [0.05, 0.1) is 10.9 Å². The molecule has 2 aromatic heterocycles. The Morgan fingerprint density at radius 3 is 2.83 bits per heavy atom. The van der Waals surface area contributed by atoms with Gasteiger partial charge in [-0.15, -0.1) is 0 Å². The number of nitrogens with zero attached hydrogens (tertiary/aromatic N) is 1. The largest absolute Gasteiger partial charge is 0.507 e. The Hall–Kier alpha value is -2.62. The summed E-state index contributed by atoms with van der Waals surface area (Å²) in [7, 11) is 0. The van der Waals surface area contributed by atoms with Crippen molar-refractivity contribution in [2.24, 2.45) is 0 Å². The molecule has 0 radical (unpaired) electrons. The molecule has 0 saturated heterocycles. The van der Waals surface area contributed by atoms with Crippen molar-refractivity contribution in [3.8, 4) is 17.1 Å². The van der Waals surface area contributed by atoms with E-state index >= 15 is 0 Å². The van der Waals surface area contributed by atoms with Gasteiger partial charge in [0.25, 0.3) is 0 Å². The van der Waals surface area contributed by atoms with Crippen LogP contribution in [0.1, 0.15) is 0 Å². The molecule has 3 aromatic rings. The van der Waals surface area contributed by atoms with Crippen LogP contribution in [0, 0.1) is 0 Å². The van der Waals surface area contributed by atoms with Gasteiger partial charge in [-0.25, -0.2) is 0 Å². The number of phenols is 1. The predicted molar refractivity (Wildman–Crippen MR) is 67.4 cm³/mol. The highest BCUT2D eigenvalue weighted by Gasteiger charge is 2.09. The molecule has 0 fully saturated rings. The van der Waals surface area contributed by atoms with Crippen molar-refractivity contribution in [2.75, 3.05) is 0 Å². The van der Waals surface area contributed by atoms with Gasteiger partial charge in [0.15, 0.2) is 5.43 Å². The third kappa shape index (κ3) is 1.64. The molecule has 4 nitrogen and oxygen atoms in total. The number of benzene rings is 1. The topological polar surface area (TPSA) is 63.3 Å². The molecule has 0 aliphatic rings. The lowest BCUT2D eigenvalue weighted by Gasteiger charge is -2.04. The highest BCUT2D eigenvalue weighted by molar-refractivity contribution is 5.78. The zero-order valence-electron chi connectivity index (χ0n) is 9.33. The zero-order valence-corrected chi connectivity index (χ0v) is 9.33. The lowest BCUT2D eigenvalue weighted by molar-refractivity contribution is 0.474. The van der Waals surface area contributed by atoms with Crippen LogP contribution in [0.3, 0.4) is 0 Å². The monoisotopic (exact) mass is 239 g/mol. The Labute approximate surface area is 102 Å². The van der Waals surface area contributed by atoms with Gasteiger partial charge in [0, 0.05) is 18.5 Å². The number of hydrogen-bond acceptors (Lipinski definition) is 4. The first-order valence-electron chi connectivity index (χ1n) is 5.42. The van der Waals surface area contributed by atoms with Crippen molar-refractivity contribution in [3.63, 3.8) is 0 Å². The highest BCUT2D eigenvalue weighted by Crippen LogP contribution is 2.29. The summed E-state index contributed by atoms with van der Waals surface area (Å²) in [6.07, 6.45) is 3.02. The highest BCUT2D eigenvalue weighted by atomic mass is 16.3. The number of phenolic OH excluding ortho intramolecular Hbond substituents is 1. The van der Waals surface area contributed by atoms with Crippen LogP contribution in [0.25, 0.3) is 22.3 Å². The quantitative estimate of drug-likeness (QED) is 0.708. The maximum atomic E-state index is 11.9. The van der Waals surface area contributed by atoms with Crippen LogP contribution in [0.5, 0.6) is 5.75 Å². The second-order valence-corrected chi connectivity index (χ2v) is 3.86. The van der Waals surface area contributed by atoms with Crippen LogP contribution in [0.15, 0.2) is 58.0 Å². The van der Waals surface area contributed by atoms with Gasteiger partial charge in [-0.05, 0) is 18.2 Å². The van der Waals surface area contributed by atoms with Crippen molar-refractivity contribution in [2.45, 2.75) is 0 Å². The molecule has 18 heavy (non-hydrogen) atoms. The Morgan fingerprint density at radius 1 is 1.17 bits per heavy atom. The Morgan fingerprint density at radius 2 is 2.00 bits per heavy atom. The Bertz CT molecular complexity index is 777. The first-order chi connectivity index (χ1) is 8.75. The van der Waals surface area contributed by atoms with E-state index < -0.39 is 0 Å². The third-order valence-corrected chi connectivity index (χ3v) is 2.70. The molecule has 0 amide bonds. The first-order valence-corrected chi connectivity index (χ1v) is 5.42. The van der Waals surface area contributed by atoms with E-state index in [1.807, 2.05) is 0 Å². The van der Waals surface area contributed by atoms with Crippen LogP contribution < -0.4 is 5.43 Å². The minimum absolute atomic E-state index is 0.0778. The normalized spacial score (nSPS) is 10.7. The molecule has 0 aliphatic heterocycles.